The Balaban J connectivity index is 2.69. The number of fused-ring (bicyclic) bond motifs is 1. The molecule has 1 heterocycles. The van der Waals surface area contributed by atoms with Crippen molar-refractivity contribution in [1.29, 1.82) is 0 Å². The smallest absolute Gasteiger partial charge is 0.335 e. The molecule has 4 heteroatoms. The Hall–Kier alpha value is -1.97. The molecule has 3 nitrogen and oxygen atoms in total. The van der Waals surface area contributed by atoms with Crippen LogP contribution in [0.25, 0.3) is 10.9 Å². The summed E-state index contributed by atoms with van der Waals surface area (Å²) < 4.78 is 12.7. The molecular weight excluding hydrogens is 185 g/mol. The molecule has 0 aliphatic rings. The fraction of sp³-hybridized carbons (Fsp3) is 0. The summed E-state index contributed by atoms with van der Waals surface area (Å²) in [4.78, 5) is 14.2. The van der Waals surface area contributed by atoms with Crippen molar-refractivity contribution >= 4 is 16.9 Å². The first-order chi connectivity index (χ1) is 6.66. The molecule has 0 aliphatic carbocycles. The van der Waals surface area contributed by atoms with E-state index in [0.717, 1.165) is 5.39 Å². The summed E-state index contributed by atoms with van der Waals surface area (Å²) in [5.41, 5.74) is 0.459. The molecule has 70 valence electrons. The van der Waals surface area contributed by atoms with Crippen LogP contribution in [0.5, 0.6) is 0 Å². The molecular formula is C10H6FNO2. The van der Waals surface area contributed by atoms with Crippen LogP contribution in [0.3, 0.4) is 0 Å². The molecule has 0 radical (unpaired) electrons. The van der Waals surface area contributed by atoms with Crippen LogP contribution in [0.15, 0.2) is 30.3 Å². The van der Waals surface area contributed by atoms with Crippen LogP contribution < -0.4 is 0 Å². The summed E-state index contributed by atoms with van der Waals surface area (Å²) in [6.07, 6.45) is 0. The van der Waals surface area contributed by atoms with E-state index in [2.05, 4.69) is 4.98 Å². The van der Waals surface area contributed by atoms with Gasteiger partial charge in [0, 0.05) is 5.39 Å². The molecule has 0 unspecified atom stereocenters. The van der Waals surface area contributed by atoms with Gasteiger partial charge >= 0.3 is 5.97 Å². The zero-order valence-electron chi connectivity index (χ0n) is 7.07. The molecule has 0 spiro atoms. The number of aromatic carboxylic acids is 1. The molecule has 1 aromatic heterocycles. The lowest BCUT2D eigenvalue weighted by Crippen LogP contribution is -1.96. The minimum atomic E-state index is -1.04. The monoisotopic (exact) mass is 191 g/mol. The second-order valence-corrected chi connectivity index (χ2v) is 2.85. The zero-order chi connectivity index (χ0) is 10.1. The van der Waals surface area contributed by atoms with Gasteiger partial charge in [0.15, 0.2) is 0 Å². The van der Waals surface area contributed by atoms with Crippen molar-refractivity contribution in [3.05, 3.63) is 41.8 Å². The Kier molecular flexibility index (Phi) is 1.89. The van der Waals surface area contributed by atoms with Gasteiger partial charge in [-0.25, -0.2) is 9.78 Å². The first-order valence-corrected chi connectivity index (χ1v) is 3.96. The molecule has 2 aromatic rings. The van der Waals surface area contributed by atoms with E-state index in [0.29, 0.717) is 5.52 Å². The Morgan fingerprint density at radius 1 is 1.29 bits per heavy atom. The summed E-state index contributed by atoms with van der Waals surface area (Å²) in [7, 11) is 0. The predicted octanol–water partition coefficient (Wildman–Crippen LogP) is 2.07. The van der Waals surface area contributed by atoms with Crippen LogP contribution in [-0.2, 0) is 0 Å². The lowest BCUT2D eigenvalue weighted by atomic mass is 10.1. The van der Waals surface area contributed by atoms with Crippen LogP contribution in [0.4, 0.5) is 4.39 Å². The molecule has 1 aromatic carbocycles. The second kappa shape index (κ2) is 3.06. The number of nitrogens with zero attached hydrogens (tertiary/aromatic N) is 1. The first-order valence-electron chi connectivity index (χ1n) is 3.96. The van der Waals surface area contributed by atoms with E-state index >= 15 is 0 Å². The van der Waals surface area contributed by atoms with Gasteiger partial charge in [-0.15, -0.1) is 0 Å². The topological polar surface area (TPSA) is 50.2 Å². The summed E-state index contributed by atoms with van der Waals surface area (Å²) in [6, 6.07) is 7.21. The highest BCUT2D eigenvalue weighted by Crippen LogP contribution is 2.14. The third-order valence-corrected chi connectivity index (χ3v) is 1.91. The van der Waals surface area contributed by atoms with Crippen LogP contribution >= 0.6 is 0 Å². The third kappa shape index (κ3) is 1.42. The average Bonchev–Trinajstić information content (AvgIpc) is 2.16. The van der Waals surface area contributed by atoms with Crippen LogP contribution in [0.2, 0.25) is 0 Å². The Morgan fingerprint density at radius 3 is 2.71 bits per heavy atom. The highest BCUT2D eigenvalue weighted by molar-refractivity contribution is 5.92. The van der Waals surface area contributed by atoms with Gasteiger partial charge in [-0.3, -0.25) is 0 Å². The van der Waals surface area contributed by atoms with Crippen molar-refractivity contribution in [1.82, 2.24) is 4.98 Å². The molecule has 0 bridgehead atoms. The summed E-state index contributed by atoms with van der Waals surface area (Å²) in [5, 5.41) is 9.41. The van der Waals surface area contributed by atoms with E-state index in [-0.39, 0.29) is 5.56 Å². The van der Waals surface area contributed by atoms with Gasteiger partial charge in [0.05, 0.1) is 11.1 Å². The van der Waals surface area contributed by atoms with Crippen LogP contribution in [0, 0.1) is 5.95 Å². The normalized spacial score (nSPS) is 10.4. The van der Waals surface area contributed by atoms with Crippen LogP contribution in [0.1, 0.15) is 10.4 Å². The Morgan fingerprint density at radius 2 is 2.00 bits per heavy atom. The standard InChI is InChI=1S/C10H6FNO2/c11-9-4-3-6-1-2-7(10(13)14)5-8(6)12-9/h1-5H,(H,13,14). The predicted molar refractivity (Wildman–Crippen MR) is 48.7 cm³/mol. The molecule has 0 saturated carbocycles. The van der Waals surface area contributed by atoms with Gasteiger partial charge in [-0.1, -0.05) is 6.07 Å². The Labute approximate surface area is 78.8 Å². The maximum atomic E-state index is 12.7. The van der Waals surface area contributed by atoms with Crippen molar-refractivity contribution < 1.29 is 14.3 Å². The molecule has 1 N–H and O–H groups in total. The van der Waals surface area contributed by atoms with Gasteiger partial charge in [0.25, 0.3) is 0 Å². The number of carbonyl (C=O) groups is 1. The molecule has 0 fully saturated rings. The maximum absolute atomic E-state index is 12.7. The summed E-state index contributed by atoms with van der Waals surface area (Å²) in [6.45, 7) is 0. The number of hydrogen-bond donors (Lipinski definition) is 1. The van der Waals surface area contributed by atoms with Gasteiger partial charge in [-0.2, -0.15) is 4.39 Å². The van der Waals surface area contributed by atoms with Crippen molar-refractivity contribution in [3.8, 4) is 0 Å². The lowest BCUT2D eigenvalue weighted by molar-refractivity contribution is 0.0697. The van der Waals surface area contributed by atoms with E-state index in [4.69, 9.17) is 5.11 Å². The van der Waals surface area contributed by atoms with Gasteiger partial charge in [0.1, 0.15) is 0 Å². The number of halogens is 1. The second-order valence-electron chi connectivity index (χ2n) is 2.85. The molecule has 0 atom stereocenters. The summed E-state index contributed by atoms with van der Waals surface area (Å²) >= 11 is 0. The van der Waals surface area contributed by atoms with Gasteiger partial charge in [-0.05, 0) is 24.3 Å². The number of rotatable bonds is 1. The SMILES string of the molecule is O=C(O)c1ccc2ccc(F)nc2c1. The highest BCUT2D eigenvalue weighted by Gasteiger charge is 2.04. The molecule has 2 rings (SSSR count). The number of benzene rings is 1. The number of aromatic nitrogens is 1. The number of carboxylic acids is 1. The minimum Gasteiger partial charge on any atom is -0.478 e. The van der Waals surface area contributed by atoms with E-state index in [1.54, 1.807) is 12.1 Å². The largest absolute Gasteiger partial charge is 0.478 e. The highest BCUT2D eigenvalue weighted by atomic mass is 19.1. The fourth-order valence-electron chi connectivity index (χ4n) is 1.23. The van der Waals surface area contributed by atoms with E-state index in [1.807, 2.05) is 0 Å². The number of pyridine rings is 1. The van der Waals surface area contributed by atoms with E-state index in [9.17, 15) is 9.18 Å². The lowest BCUT2D eigenvalue weighted by Gasteiger charge is -1.98. The first kappa shape index (κ1) is 8.62. The average molecular weight is 191 g/mol. The fourth-order valence-corrected chi connectivity index (χ4v) is 1.23. The van der Waals surface area contributed by atoms with Crippen LogP contribution in [-0.4, -0.2) is 16.1 Å². The van der Waals surface area contributed by atoms with Gasteiger partial charge in [0.2, 0.25) is 5.95 Å². The van der Waals surface area contributed by atoms with E-state index in [1.165, 1.54) is 18.2 Å². The molecule has 0 amide bonds. The van der Waals surface area contributed by atoms with Crippen molar-refractivity contribution in [3.63, 3.8) is 0 Å². The van der Waals surface area contributed by atoms with E-state index < -0.39 is 11.9 Å². The molecule has 14 heavy (non-hydrogen) atoms. The van der Waals surface area contributed by atoms with Crippen molar-refractivity contribution in [2.75, 3.05) is 0 Å². The Bertz CT molecular complexity index is 510. The zero-order valence-corrected chi connectivity index (χ0v) is 7.07. The minimum absolute atomic E-state index is 0.107. The molecule has 0 aliphatic heterocycles. The number of carboxylic acid groups (broad SMARTS) is 1. The quantitative estimate of drug-likeness (QED) is 0.702. The maximum Gasteiger partial charge on any atom is 0.335 e. The third-order valence-electron chi connectivity index (χ3n) is 1.91. The van der Waals surface area contributed by atoms with Crippen molar-refractivity contribution in [2.45, 2.75) is 0 Å². The number of hydrogen-bond acceptors (Lipinski definition) is 2. The summed E-state index contributed by atoms with van der Waals surface area (Å²) in [5.74, 6) is -1.65. The van der Waals surface area contributed by atoms with Gasteiger partial charge < -0.3 is 5.11 Å². The molecule has 0 saturated heterocycles. The van der Waals surface area contributed by atoms with Crippen molar-refractivity contribution in [2.24, 2.45) is 0 Å².